The van der Waals surface area contributed by atoms with Gasteiger partial charge in [0, 0.05) is 6.42 Å². The van der Waals surface area contributed by atoms with Crippen LogP contribution in [0.1, 0.15) is 11.4 Å². The summed E-state index contributed by atoms with van der Waals surface area (Å²) < 4.78 is 7.47. The number of ether oxygens (including phenoxy) is 1. The summed E-state index contributed by atoms with van der Waals surface area (Å²) in [6.07, 6.45) is 3.12. The Bertz CT molecular complexity index is 813. The predicted octanol–water partition coefficient (Wildman–Crippen LogP) is 3.49. The largest absolute Gasteiger partial charge is 0.497 e. The van der Waals surface area contributed by atoms with E-state index in [2.05, 4.69) is 46.0 Å². The Morgan fingerprint density at radius 2 is 1.85 bits per heavy atom. The molecule has 2 heterocycles. The Balaban J connectivity index is 1.86. The quantitative estimate of drug-likeness (QED) is 0.707. The summed E-state index contributed by atoms with van der Waals surface area (Å²) in [5.74, 6) is 1.99. The number of methoxy groups -OCH3 is 1. The van der Waals surface area contributed by atoms with E-state index in [1.165, 1.54) is 16.8 Å². The second-order valence-electron chi connectivity index (χ2n) is 4.87. The smallest absolute Gasteiger partial charge is 0.118 e. The van der Waals surface area contributed by atoms with Gasteiger partial charge in [0.15, 0.2) is 0 Å². The van der Waals surface area contributed by atoms with Crippen molar-refractivity contribution in [3.05, 3.63) is 66.0 Å². The molecule has 0 atom stereocenters. The van der Waals surface area contributed by atoms with E-state index < -0.39 is 0 Å². The molecular weight excluding hydrogens is 248 g/mol. The molecule has 0 fully saturated rings. The lowest BCUT2D eigenvalue weighted by molar-refractivity contribution is 0.415. The molecule has 0 N–H and O–H groups in total. The number of hydrogen-bond acceptors (Lipinski definition) is 2. The van der Waals surface area contributed by atoms with Crippen molar-refractivity contribution in [2.45, 2.75) is 6.42 Å². The van der Waals surface area contributed by atoms with Gasteiger partial charge in [-0.25, -0.2) is 4.98 Å². The average molecular weight is 262 g/mol. The summed E-state index contributed by atoms with van der Waals surface area (Å²) in [6, 6.07) is 16.4. The molecule has 0 spiro atoms. The Hall–Kier alpha value is -2.55. The average Bonchev–Trinajstić information content (AvgIpc) is 3.06. The monoisotopic (exact) mass is 262 g/mol. The molecule has 4 rings (SSSR count). The van der Waals surface area contributed by atoms with Gasteiger partial charge >= 0.3 is 0 Å². The Morgan fingerprint density at radius 3 is 2.65 bits per heavy atom. The van der Waals surface area contributed by atoms with Crippen LogP contribution < -0.4 is 4.74 Å². The number of imidazole rings is 1. The highest BCUT2D eigenvalue weighted by Crippen LogP contribution is 2.31. The van der Waals surface area contributed by atoms with Gasteiger partial charge in [-0.15, -0.1) is 0 Å². The van der Waals surface area contributed by atoms with E-state index >= 15 is 0 Å². The molecule has 0 bridgehead atoms. The summed E-state index contributed by atoms with van der Waals surface area (Å²) in [5, 5.41) is 0. The molecular formula is C17H14N2O. The van der Waals surface area contributed by atoms with Gasteiger partial charge in [-0.3, -0.25) is 4.57 Å². The van der Waals surface area contributed by atoms with Crippen LogP contribution in [0.5, 0.6) is 5.75 Å². The van der Waals surface area contributed by atoms with Crippen LogP contribution in [0.2, 0.25) is 0 Å². The fraction of sp³-hybridized carbons (Fsp3) is 0.118. The minimum Gasteiger partial charge on any atom is -0.497 e. The molecule has 1 aliphatic heterocycles. The van der Waals surface area contributed by atoms with Crippen LogP contribution in [0.15, 0.2) is 54.6 Å². The highest BCUT2D eigenvalue weighted by Gasteiger charge is 2.19. The zero-order chi connectivity index (χ0) is 13.5. The van der Waals surface area contributed by atoms with Crippen molar-refractivity contribution in [3.8, 4) is 5.75 Å². The standard InChI is InChI=1S/C17H14N2O/c1-20-13-8-6-12(7-9-13)15-10-11-17-18-14-4-2-3-5-16(14)19(15)17/h2-10H,11H2,1H3. The number of para-hydroxylation sites is 2. The van der Waals surface area contributed by atoms with Crippen molar-refractivity contribution >= 4 is 16.7 Å². The van der Waals surface area contributed by atoms with Gasteiger partial charge in [0.25, 0.3) is 0 Å². The Morgan fingerprint density at radius 1 is 1.05 bits per heavy atom. The summed E-state index contributed by atoms with van der Waals surface area (Å²) in [5.41, 5.74) is 4.62. The van der Waals surface area contributed by atoms with Gasteiger partial charge in [-0.1, -0.05) is 18.2 Å². The van der Waals surface area contributed by atoms with Crippen molar-refractivity contribution in [3.63, 3.8) is 0 Å². The van der Waals surface area contributed by atoms with Crippen LogP contribution in [0.4, 0.5) is 0 Å². The normalized spacial score (nSPS) is 13.3. The third-order valence-corrected chi connectivity index (χ3v) is 3.73. The molecule has 0 saturated carbocycles. The van der Waals surface area contributed by atoms with E-state index in [0.29, 0.717) is 0 Å². The van der Waals surface area contributed by atoms with Crippen molar-refractivity contribution in [1.82, 2.24) is 9.55 Å². The van der Waals surface area contributed by atoms with Crippen molar-refractivity contribution in [1.29, 1.82) is 0 Å². The predicted molar refractivity (Wildman–Crippen MR) is 79.8 cm³/mol. The zero-order valence-electron chi connectivity index (χ0n) is 11.2. The van der Waals surface area contributed by atoms with Gasteiger partial charge in [-0.2, -0.15) is 0 Å². The van der Waals surface area contributed by atoms with Crippen LogP contribution in [-0.4, -0.2) is 16.7 Å². The maximum atomic E-state index is 5.22. The molecule has 98 valence electrons. The van der Waals surface area contributed by atoms with Crippen LogP contribution in [-0.2, 0) is 6.42 Å². The first kappa shape index (κ1) is 11.3. The number of nitrogens with zero attached hydrogens (tertiary/aromatic N) is 2. The van der Waals surface area contributed by atoms with Crippen LogP contribution in [0.3, 0.4) is 0 Å². The first-order valence-electron chi connectivity index (χ1n) is 6.68. The lowest BCUT2D eigenvalue weighted by atomic mass is 10.1. The Kier molecular flexibility index (Phi) is 2.39. The summed E-state index contributed by atoms with van der Waals surface area (Å²) >= 11 is 0. The maximum Gasteiger partial charge on any atom is 0.118 e. The molecule has 2 aromatic carbocycles. The van der Waals surface area contributed by atoms with E-state index in [-0.39, 0.29) is 0 Å². The molecule has 1 aromatic heterocycles. The fourth-order valence-electron chi connectivity index (χ4n) is 2.77. The number of fused-ring (bicyclic) bond motifs is 3. The van der Waals surface area contributed by atoms with Crippen LogP contribution in [0, 0.1) is 0 Å². The van der Waals surface area contributed by atoms with E-state index in [1.54, 1.807) is 7.11 Å². The molecule has 3 aromatic rings. The van der Waals surface area contributed by atoms with Crippen molar-refractivity contribution < 1.29 is 4.74 Å². The van der Waals surface area contributed by atoms with E-state index in [1.807, 2.05) is 18.2 Å². The van der Waals surface area contributed by atoms with E-state index in [9.17, 15) is 0 Å². The van der Waals surface area contributed by atoms with Crippen molar-refractivity contribution in [2.75, 3.05) is 7.11 Å². The molecule has 3 heteroatoms. The van der Waals surface area contributed by atoms with Crippen LogP contribution in [0.25, 0.3) is 16.7 Å². The summed E-state index contributed by atoms with van der Waals surface area (Å²) in [4.78, 5) is 4.69. The van der Waals surface area contributed by atoms with Gasteiger partial charge in [0.2, 0.25) is 0 Å². The molecule has 0 aliphatic carbocycles. The molecule has 0 amide bonds. The minimum absolute atomic E-state index is 0.878. The number of hydrogen-bond donors (Lipinski definition) is 0. The molecule has 1 aliphatic rings. The van der Waals surface area contributed by atoms with E-state index in [4.69, 9.17) is 4.74 Å². The molecule has 0 saturated heterocycles. The Labute approximate surface area is 117 Å². The van der Waals surface area contributed by atoms with Gasteiger partial charge < -0.3 is 4.74 Å². The van der Waals surface area contributed by atoms with Gasteiger partial charge in [0.1, 0.15) is 11.6 Å². The summed E-state index contributed by atoms with van der Waals surface area (Å²) in [6.45, 7) is 0. The second-order valence-corrected chi connectivity index (χ2v) is 4.87. The molecule has 3 nitrogen and oxygen atoms in total. The lowest BCUT2D eigenvalue weighted by Gasteiger charge is -2.09. The van der Waals surface area contributed by atoms with Gasteiger partial charge in [-0.05, 0) is 42.0 Å². The van der Waals surface area contributed by atoms with Crippen molar-refractivity contribution in [2.24, 2.45) is 0 Å². The second kappa shape index (κ2) is 4.23. The lowest BCUT2D eigenvalue weighted by Crippen LogP contribution is -1.97. The number of benzene rings is 2. The highest BCUT2D eigenvalue weighted by molar-refractivity contribution is 5.85. The number of aromatic nitrogens is 2. The summed E-state index contributed by atoms with van der Waals surface area (Å²) in [7, 11) is 1.69. The van der Waals surface area contributed by atoms with Crippen LogP contribution >= 0.6 is 0 Å². The molecule has 20 heavy (non-hydrogen) atoms. The molecule has 0 radical (unpaired) electrons. The first-order valence-corrected chi connectivity index (χ1v) is 6.68. The minimum atomic E-state index is 0.878. The molecule has 0 unspecified atom stereocenters. The number of rotatable bonds is 2. The van der Waals surface area contributed by atoms with E-state index in [0.717, 1.165) is 23.5 Å². The number of allylic oxidation sites excluding steroid dienone is 1. The highest BCUT2D eigenvalue weighted by atomic mass is 16.5. The van der Waals surface area contributed by atoms with Gasteiger partial charge in [0.05, 0.1) is 23.8 Å². The topological polar surface area (TPSA) is 27.1 Å². The SMILES string of the molecule is COc1ccc(C2=CCc3nc4ccccc4n32)cc1. The third kappa shape index (κ3) is 1.56. The third-order valence-electron chi connectivity index (χ3n) is 3.73. The maximum absolute atomic E-state index is 5.22. The first-order chi connectivity index (χ1) is 9.86. The fourth-order valence-corrected chi connectivity index (χ4v) is 2.77. The zero-order valence-corrected chi connectivity index (χ0v) is 11.2.